The average molecular weight is 515 g/mol. The molecule has 0 saturated heterocycles. The Labute approximate surface area is 227 Å². The summed E-state index contributed by atoms with van der Waals surface area (Å²) < 4.78 is 6.26. The second-order valence-electron chi connectivity index (χ2n) is 14.8. The fourth-order valence-corrected chi connectivity index (χ4v) is 10.2. The van der Waals surface area contributed by atoms with Crippen molar-refractivity contribution in [3.63, 3.8) is 0 Å². The first-order valence-electron chi connectivity index (χ1n) is 14.6. The van der Waals surface area contributed by atoms with E-state index in [-0.39, 0.29) is 62.6 Å². The highest BCUT2D eigenvalue weighted by Crippen LogP contribution is 2.73. The summed E-state index contributed by atoms with van der Waals surface area (Å²) in [6.07, 6.45) is 12.7. The standard InChI is InChI=1S/C33H42N2O3/c1-19-18-35-28(38-19)33-13-11-29(3,4)16-22(33)26-24(36)15-25-30(5)17-23(34-8)27(37)20(2)21(30)9-10-31(25,6)32(26,7)12-14-33/h15,17-18,20-22,26H,9-14,16H2,1-7H3/t20-,21-,22-,26-,30-,31+,32+,33-/m0/s1. The Kier molecular flexibility index (Phi) is 5.29. The van der Waals surface area contributed by atoms with Crippen LogP contribution in [0.5, 0.6) is 0 Å². The third kappa shape index (κ3) is 3.07. The molecule has 0 radical (unpaired) electrons. The zero-order valence-corrected chi connectivity index (χ0v) is 24.1. The molecule has 5 heteroatoms. The summed E-state index contributed by atoms with van der Waals surface area (Å²) in [4.78, 5) is 35.9. The van der Waals surface area contributed by atoms with Crippen molar-refractivity contribution in [2.24, 2.45) is 45.3 Å². The molecule has 5 aliphatic rings. The van der Waals surface area contributed by atoms with Crippen molar-refractivity contribution < 1.29 is 14.0 Å². The summed E-state index contributed by atoms with van der Waals surface area (Å²) in [6.45, 7) is 23.3. The SMILES string of the molecule is [C-]#[N+]C1=C[C@]2(C)C3=CC(=O)[C@@H]4[C@@H]5CC(C)(C)CC[C@]5(c5ncc(C)o5)CC[C@@]4(C)[C@]3(C)CC[C@H]2[C@H](C)C1=O. The zero-order chi connectivity index (χ0) is 27.5. The number of carbonyl (C=O) groups excluding carboxylic acids is 2. The minimum absolute atomic E-state index is 0.0361. The third-order valence-corrected chi connectivity index (χ3v) is 12.5. The lowest BCUT2D eigenvalue weighted by molar-refractivity contribution is -0.159. The number of hydrogen-bond donors (Lipinski definition) is 0. The van der Waals surface area contributed by atoms with Crippen LogP contribution in [0.3, 0.4) is 0 Å². The lowest BCUT2D eigenvalue weighted by Crippen LogP contribution is -2.65. The molecule has 1 heterocycles. The van der Waals surface area contributed by atoms with E-state index in [4.69, 9.17) is 16.0 Å². The van der Waals surface area contributed by atoms with E-state index in [0.717, 1.165) is 56.6 Å². The van der Waals surface area contributed by atoms with Crippen LogP contribution in [0.4, 0.5) is 0 Å². The monoisotopic (exact) mass is 514 g/mol. The van der Waals surface area contributed by atoms with Gasteiger partial charge in [-0.2, -0.15) is 0 Å². The zero-order valence-electron chi connectivity index (χ0n) is 24.1. The van der Waals surface area contributed by atoms with Crippen molar-refractivity contribution in [1.82, 2.24) is 4.98 Å². The number of nitrogens with zero attached hydrogens (tertiary/aromatic N) is 2. The van der Waals surface area contributed by atoms with E-state index in [9.17, 15) is 9.59 Å². The second-order valence-corrected chi connectivity index (χ2v) is 14.8. The largest absolute Gasteiger partial charge is 0.445 e. The highest BCUT2D eigenvalue weighted by atomic mass is 16.4. The molecule has 3 fully saturated rings. The van der Waals surface area contributed by atoms with Crippen LogP contribution in [0.25, 0.3) is 4.85 Å². The molecule has 0 N–H and O–H groups in total. The van der Waals surface area contributed by atoms with Gasteiger partial charge in [0.1, 0.15) is 5.76 Å². The summed E-state index contributed by atoms with van der Waals surface area (Å²) in [5.74, 6) is 1.88. The molecule has 0 unspecified atom stereocenters. The van der Waals surface area contributed by atoms with Gasteiger partial charge in [0.05, 0.1) is 18.2 Å². The Morgan fingerprint density at radius 1 is 1.03 bits per heavy atom. The fourth-order valence-electron chi connectivity index (χ4n) is 10.2. The van der Waals surface area contributed by atoms with Crippen LogP contribution in [0, 0.1) is 58.8 Å². The van der Waals surface area contributed by atoms with Gasteiger partial charge >= 0.3 is 0 Å². The van der Waals surface area contributed by atoms with Crippen molar-refractivity contribution in [2.45, 2.75) is 98.8 Å². The first kappa shape index (κ1) is 25.8. The predicted molar refractivity (Wildman–Crippen MR) is 146 cm³/mol. The number of allylic oxidation sites excluding steroid dienone is 4. The van der Waals surface area contributed by atoms with Gasteiger partial charge < -0.3 is 9.21 Å². The van der Waals surface area contributed by atoms with Crippen LogP contribution in [0.2, 0.25) is 0 Å². The molecule has 0 aromatic carbocycles. The van der Waals surface area contributed by atoms with Crippen molar-refractivity contribution in [1.29, 1.82) is 0 Å². The summed E-state index contributed by atoms with van der Waals surface area (Å²) in [6, 6.07) is 0. The lowest BCUT2D eigenvalue weighted by atomic mass is 9.35. The van der Waals surface area contributed by atoms with E-state index in [1.54, 1.807) is 0 Å². The van der Waals surface area contributed by atoms with Crippen LogP contribution in [0.1, 0.15) is 98.1 Å². The number of hydrogen-bond acceptors (Lipinski definition) is 4. The molecule has 1 aromatic rings. The first-order valence-corrected chi connectivity index (χ1v) is 14.6. The van der Waals surface area contributed by atoms with E-state index in [1.165, 1.54) is 5.57 Å². The Balaban J connectivity index is 1.53. The number of Topliss-reactive ketones (excluding diaryl/α,β-unsaturated/α-hetero) is 1. The molecule has 1 aromatic heterocycles. The van der Waals surface area contributed by atoms with Gasteiger partial charge in [-0.05, 0) is 86.0 Å². The first-order chi connectivity index (χ1) is 17.7. The Bertz CT molecular complexity index is 1340. The second kappa shape index (κ2) is 7.80. The van der Waals surface area contributed by atoms with E-state index in [1.807, 2.05) is 32.2 Å². The van der Waals surface area contributed by atoms with Crippen LogP contribution >= 0.6 is 0 Å². The quantitative estimate of drug-likeness (QED) is 0.366. The Morgan fingerprint density at radius 3 is 2.39 bits per heavy atom. The lowest BCUT2D eigenvalue weighted by Gasteiger charge is -2.68. The van der Waals surface area contributed by atoms with Crippen molar-refractivity contribution in [2.75, 3.05) is 0 Å². The highest BCUT2D eigenvalue weighted by molar-refractivity contribution is 6.01. The van der Waals surface area contributed by atoms with Crippen molar-refractivity contribution >= 4 is 11.6 Å². The fraction of sp³-hybridized carbons (Fsp3) is 0.697. The molecule has 0 amide bonds. The summed E-state index contributed by atoms with van der Waals surface area (Å²) in [5.41, 5.74) is 0.537. The van der Waals surface area contributed by atoms with Crippen LogP contribution < -0.4 is 0 Å². The Hall–Kier alpha value is -2.48. The van der Waals surface area contributed by atoms with Gasteiger partial charge in [-0.1, -0.05) is 53.2 Å². The maximum atomic E-state index is 14.5. The molecule has 38 heavy (non-hydrogen) atoms. The van der Waals surface area contributed by atoms with Crippen LogP contribution in [0.15, 0.2) is 34.0 Å². The number of aryl methyl sites for hydroxylation is 1. The van der Waals surface area contributed by atoms with Gasteiger partial charge in [0.15, 0.2) is 11.6 Å². The van der Waals surface area contributed by atoms with E-state index in [0.29, 0.717) is 0 Å². The molecule has 3 saturated carbocycles. The van der Waals surface area contributed by atoms with Gasteiger partial charge in [-0.3, -0.25) is 4.79 Å². The topological polar surface area (TPSA) is 64.5 Å². The molecule has 0 aliphatic heterocycles. The molecule has 6 rings (SSSR count). The highest BCUT2D eigenvalue weighted by Gasteiger charge is 2.69. The number of aromatic nitrogens is 1. The molecular formula is C33H42N2O3. The maximum absolute atomic E-state index is 14.5. The number of carbonyl (C=O) groups is 2. The number of rotatable bonds is 1. The number of ketones is 2. The number of fused-ring (bicyclic) bond motifs is 7. The van der Waals surface area contributed by atoms with E-state index < -0.39 is 5.41 Å². The molecular weight excluding hydrogens is 472 g/mol. The minimum Gasteiger partial charge on any atom is -0.445 e. The predicted octanol–water partition coefficient (Wildman–Crippen LogP) is 7.42. The Morgan fingerprint density at radius 2 is 1.74 bits per heavy atom. The van der Waals surface area contributed by atoms with Crippen LogP contribution in [-0.4, -0.2) is 16.6 Å². The summed E-state index contributed by atoms with van der Waals surface area (Å²) in [5, 5.41) is 0. The molecule has 5 nitrogen and oxygen atoms in total. The van der Waals surface area contributed by atoms with Crippen molar-refractivity contribution in [3.8, 4) is 0 Å². The molecule has 8 atom stereocenters. The third-order valence-electron chi connectivity index (χ3n) is 12.5. The molecule has 202 valence electrons. The van der Waals surface area contributed by atoms with Gasteiger partial charge in [-0.15, -0.1) is 0 Å². The van der Waals surface area contributed by atoms with E-state index >= 15 is 0 Å². The van der Waals surface area contributed by atoms with Gasteiger partial charge in [0.25, 0.3) is 0 Å². The molecule has 5 aliphatic carbocycles. The molecule has 0 spiro atoms. The average Bonchev–Trinajstić information content (AvgIpc) is 3.29. The van der Waals surface area contributed by atoms with Crippen LogP contribution in [-0.2, 0) is 15.0 Å². The van der Waals surface area contributed by atoms with Gasteiger partial charge in [0.2, 0.25) is 11.6 Å². The smallest absolute Gasteiger partial charge is 0.226 e. The van der Waals surface area contributed by atoms with Gasteiger partial charge in [-0.25, -0.2) is 9.83 Å². The van der Waals surface area contributed by atoms with E-state index in [2.05, 4.69) is 39.5 Å². The number of oxazole rings is 1. The molecule has 0 bridgehead atoms. The van der Waals surface area contributed by atoms with Crippen molar-refractivity contribution in [3.05, 3.63) is 52.7 Å². The summed E-state index contributed by atoms with van der Waals surface area (Å²) in [7, 11) is 0. The maximum Gasteiger partial charge on any atom is 0.226 e. The van der Waals surface area contributed by atoms with Gasteiger partial charge in [0, 0.05) is 17.3 Å². The minimum atomic E-state index is -0.454. The normalized spacial score (nSPS) is 45.5. The summed E-state index contributed by atoms with van der Waals surface area (Å²) >= 11 is 0.